The first-order valence-electron chi connectivity index (χ1n) is 5.88. The van der Waals surface area contributed by atoms with Gasteiger partial charge in [-0.3, -0.25) is 4.79 Å². The van der Waals surface area contributed by atoms with E-state index in [0.717, 1.165) is 16.9 Å². The molecule has 2 aromatic rings. The molecule has 2 heteroatoms. The highest BCUT2D eigenvalue weighted by atomic mass is 16.5. The number of aryl methyl sites for hydroxylation is 1. The van der Waals surface area contributed by atoms with Crippen molar-refractivity contribution in [1.82, 2.24) is 0 Å². The molecule has 0 N–H and O–H groups in total. The minimum atomic E-state index is 0.0371. The Bertz CT molecular complexity index is 585. The first-order valence-corrected chi connectivity index (χ1v) is 5.88. The van der Waals surface area contributed by atoms with Gasteiger partial charge in [-0.25, -0.2) is 0 Å². The summed E-state index contributed by atoms with van der Waals surface area (Å²) >= 11 is 0. The molecule has 92 valence electrons. The van der Waals surface area contributed by atoms with Crippen LogP contribution < -0.4 is 4.74 Å². The van der Waals surface area contributed by atoms with E-state index in [1.165, 1.54) is 0 Å². The molecule has 0 saturated carbocycles. The summed E-state index contributed by atoms with van der Waals surface area (Å²) in [5, 5.41) is 0. The normalized spacial score (nSPS) is 10.2. The van der Waals surface area contributed by atoms with E-state index in [9.17, 15) is 4.79 Å². The molecule has 0 saturated heterocycles. The van der Waals surface area contributed by atoms with Crippen LogP contribution in [0.2, 0.25) is 0 Å². The largest absolute Gasteiger partial charge is 0.496 e. The van der Waals surface area contributed by atoms with Crippen molar-refractivity contribution in [3.05, 3.63) is 64.7 Å². The number of methoxy groups -OCH3 is 1. The zero-order chi connectivity index (χ0) is 13.1. The average molecular weight is 240 g/mol. The SMILES string of the molecule is COc1cccc(C(=O)c2cccc(C)c2)c1C. The fourth-order valence-electron chi connectivity index (χ4n) is 2.02. The number of hydrogen-bond donors (Lipinski definition) is 0. The lowest BCUT2D eigenvalue weighted by Gasteiger charge is -2.09. The Morgan fingerprint density at radius 3 is 2.44 bits per heavy atom. The summed E-state index contributed by atoms with van der Waals surface area (Å²) in [6.45, 7) is 3.89. The van der Waals surface area contributed by atoms with E-state index in [2.05, 4.69) is 0 Å². The maximum absolute atomic E-state index is 12.4. The van der Waals surface area contributed by atoms with E-state index in [1.54, 1.807) is 7.11 Å². The molecule has 18 heavy (non-hydrogen) atoms. The molecule has 0 aromatic heterocycles. The highest BCUT2D eigenvalue weighted by Crippen LogP contribution is 2.23. The fraction of sp³-hybridized carbons (Fsp3) is 0.188. The molecule has 0 aliphatic carbocycles. The van der Waals surface area contributed by atoms with Gasteiger partial charge in [0.05, 0.1) is 7.11 Å². The van der Waals surface area contributed by atoms with E-state index >= 15 is 0 Å². The lowest BCUT2D eigenvalue weighted by molar-refractivity contribution is 0.103. The molecule has 0 aliphatic rings. The first kappa shape index (κ1) is 12.4. The molecule has 0 amide bonds. The number of ketones is 1. The third-order valence-corrected chi connectivity index (χ3v) is 3.03. The predicted octanol–water partition coefficient (Wildman–Crippen LogP) is 3.54. The summed E-state index contributed by atoms with van der Waals surface area (Å²) in [4.78, 5) is 12.4. The molecule has 2 aromatic carbocycles. The Morgan fingerprint density at radius 2 is 1.78 bits per heavy atom. The number of hydrogen-bond acceptors (Lipinski definition) is 2. The van der Waals surface area contributed by atoms with E-state index in [-0.39, 0.29) is 5.78 Å². The van der Waals surface area contributed by atoms with E-state index in [4.69, 9.17) is 4.74 Å². The van der Waals surface area contributed by atoms with Crippen LogP contribution in [0, 0.1) is 13.8 Å². The van der Waals surface area contributed by atoms with Crippen LogP contribution in [-0.2, 0) is 0 Å². The molecule has 2 rings (SSSR count). The summed E-state index contributed by atoms with van der Waals surface area (Å²) in [6.07, 6.45) is 0. The van der Waals surface area contributed by atoms with Gasteiger partial charge in [-0.05, 0) is 26.0 Å². The number of carbonyl (C=O) groups is 1. The molecule has 0 bridgehead atoms. The van der Waals surface area contributed by atoms with Gasteiger partial charge in [0, 0.05) is 16.7 Å². The van der Waals surface area contributed by atoms with Crippen molar-refractivity contribution in [3.63, 3.8) is 0 Å². The van der Waals surface area contributed by atoms with Gasteiger partial charge < -0.3 is 4.74 Å². The zero-order valence-electron chi connectivity index (χ0n) is 10.9. The van der Waals surface area contributed by atoms with E-state index in [0.29, 0.717) is 11.1 Å². The summed E-state index contributed by atoms with van der Waals surface area (Å²) < 4.78 is 5.24. The fourth-order valence-corrected chi connectivity index (χ4v) is 2.02. The molecule has 0 unspecified atom stereocenters. The topological polar surface area (TPSA) is 26.3 Å². The smallest absolute Gasteiger partial charge is 0.193 e. The van der Waals surface area contributed by atoms with Crippen molar-refractivity contribution >= 4 is 5.78 Å². The molecule has 0 radical (unpaired) electrons. The zero-order valence-corrected chi connectivity index (χ0v) is 10.9. The Hall–Kier alpha value is -2.09. The average Bonchev–Trinajstić information content (AvgIpc) is 2.38. The van der Waals surface area contributed by atoms with Gasteiger partial charge in [0.15, 0.2) is 5.78 Å². The predicted molar refractivity (Wildman–Crippen MR) is 72.3 cm³/mol. The van der Waals surface area contributed by atoms with Crippen molar-refractivity contribution in [2.75, 3.05) is 7.11 Å². The highest BCUT2D eigenvalue weighted by molar-refractivity contribution is 6.10. The minimum absolute atomic E-state index is 0.0371. The molecule has 0 fully saturated rings. The highest BCUT2D eigenvalue weighted by Gasteiger charge is 2.13. The van der Waals surface area contributed by atoms with Crippen LogP contribution in [0.25, 0.3) is 0 Å². The lowest BCUT2D eigenvalue weighted by atomic mass is 9.97. The molecular formula is C16H16O2. The van der Waals surface area contributed by atoms with Gasteiger partial charge in [-0.15, -0.1) is 0 Å². The van der Waals surface area contributed by atoms with Crippen molar-refractivity contribution in [3.8, 4) is 5.75 Å². The second-order valence-corrected chi connectivity index (χ2v) is 4.33. The van der Waals surface area contributed by atoms with Crippen LogP contribution in [0.1, 0.15) is 27.0 Å². The Labute approximate surface area is 107 Å². The minimum Gasteiger partial charge on any atom is -0.496 e. The van der Waals surface area contributed by atoms with Crippen LogP contribution in [0.15, 0.2) is 42.5 Å². The van der Waals surface area contributed by atoms with Gasteiger partial charge in [0.25, 0.3) is 0 Å². The maximum Gasteiger partial charge on any atom is 0.193 e. The first-order chi connectivity index (χ1) is 8.63. The van der Waals surface area contributed by atoms with E-state index in [1.807, 2.05) is 56.3 Å². The van der Waals surface area contributed by atoms with E-state index < -0.39 is 0 Å². The second-order valence-electron chi connectivity index (χ2n) is 4.33. The van der Waals surface area contributed by atoms with Crippen molar-refractivity contribution in [2.45, 2.75) is 13.8 Å². The van der Waals surface area contributed by atoms with Gasteiger partial charge in [-0.2, -0.15) is 0 Å². The number of benzene rings is 2. The van der Waals surface area contributed by atoms with Crippen molar-refractivity contribution < 1.29 is 9.53 Å². The molecule has 0 atom stereocenters. The Morgan fingerprint density at radius 1 is 1.06 bits per heavy atom. The quantitative estimate of drug-likeness (QED) is 0.767. The van der Waals surface area contributed by atoms with Gasteiger partial charge in [0.1, 0.15) is 5.75 Å². The number of ether oxygens (including phenoxy) is 1. The van der Waals surface area contributed by atoms with Crippen LogP contribution in [0.3, 0.4) is 0 Å². The molecule has 2 nitrogen and oxygen atoms in total. The summed E-state index contributed by atoms with van der Waals surface area (Å²) in [7, 11) is 1.61. The van der Waals surface area contributed by atoms with Crippen LogP contribution in [-0.4, -0.2) is 12.9 Å². The summed E-state index contributed by atoms with van der Waals surface area (Å²) in [5.74, 6) is 0.781. The van der Waals surface area contributed by atoms with Crippen molar-refractivity contribution in [2.24, 2.45) is 0 Å². The molecule has 0 spiro atoms. The van der Waals surface area contributed by atoms with Crippen LogP contribution in [0.5, 0.6) is 5.75 Å². The Kier molecular flexibility index (Phi) is 3.47. The number of carbonyl (C=O) groups excluding carboxylic acids is 1. The second kappa shape index (κ2) is 5.05. The van der Waals surface area contributed by atoms with Crippen LogP contribution >= 0.6 is 0 Å². The summed E-state index contributed by atoms with van der Waals surface area (Å²) in [6, 6.07) is 13.2. The monoisotopic (exact) mass is 240 g/mol. The van der Waals surface area contributed by atoms with Gasteiger partial charge in [-0.1, -0.05) is 35.9 Å². The van der Waals surface area contributed by atoms with Gasteiger partial charge in [0.2, 0.25) is 0 Å². The van der Waals surface area contributed by atoms with Crippen molar-refractivity contribution in [1.29, 1.82) is 0 Å². The lowest BCUT2D eigenvalue weighted by Crippen LogP contribution is -2.05. The third-order valence-electron chi connectivity index (χ3n) is 3.03. The maximum atomic E-state index is 12.4. The molecular weight excluding hydrogens is 224 g/mol. The standard InChI is InChI=1S/C16H16O2/c1-11-6-4-7-13(10-11)16(17)14-8-5-9-15(18-3)12(14)2/h4-10H,1-3H3. The third kappa shape index (κ3) is 2.28. The van der Waals surface area contributed by atoms with Crippen LogP contribution in [0.4, 0.5) is 0 Å². The van der Waals surface area contributed by atoms with Gasteiger partial charge >= 0.3 is 0 Å². The Balaban J connectivity index is 2.46. The molecule has 0 aliphatic heterocycles. The summed E-state index contributed by atoms with van der Waals surface area (Å²) in [5.41, 5.74) is 3.37. The molecule has 0 heterocycles. The number of rotatable bonds is 3.